The van der Waals surface area contributed by atoms with Crippen LogP contribution in [-0.4, -0.2) is 25.8 Å². The average molecular weight is 324 g/mol. The fourth-order valence-electron chi connectivity index (χ4n) is 2.65. The molecule has 0 aromatic heterocycles. The molecule has 0 bridgehead atoms. The van der Waals surface area contributed by atoms with Gasteiger partial charge in [-0.05, 0) is 35.1 Å². The second-order valence-corrected chi connectivity index (χ2v) is 6.59. The smallest absolute Gasteiger partial charge is 0.188 e. The van der Waals surface area contributed by atoms with Crippen molar-refractivity contribution >= 4 is 0 Å². The van der Waals surface area contributed by atoms with Crippen molar-refractivity contribution < 1.29 is 19.3 Å². The molecule has 0 radical (unpaired) electrons. The van der Waals surface area contributed by atoms with Crippen molar-refractivity contribution in [3.05, 3.63) is 29.3 Å². The van der Waals surface area contributed by atoms with Crippen LogP contribution in [0.15, 0.2) is 18.2 Å². The Kier molecular flexibility index (Phi) is 9.22. The molecule has 1 N–H and O–H groups in total. The largest absolute Gasteiger partial charge is 0.468 e. The molecule has 23 heavy (non-hydrogen) atoms. The maximum absolute atomic E-state index is 8.86. The van der Waals surface area contributed by atoms with Gasteiger partial charge in [-0.3, -0.25) is 0 Å². The van der Waals surface area contributed by atoms with Crippen molar-refractivity contribution in [1.82, 2.24) is 0 Å². The van der Waals surface area contributed by atoms with E-state index < -0.39 is 0 Å². The molecule has 1 aromatic carbocycles. The molecule has 0 aliphatic rings. The van der Waals surface area contributed by atoms with E-state index in [1.165, 1.54) is 31.2 Å². The molecular weight excluding hydrogens is 292 g/mol. The molecule has 0 saturated heterocycles. The van der Waals surface area contributed by atoms with Gasteiger partial charge in [0.25, 0.3) is 0 Å². The number of aliphatic hydroxyl groups excluding tert-OH is 1. The number of aliphatic hydroxyl groups is 1. The molecular formula is C19H32O4. The Morgan fingerprint density at radius 3 is 2.52 bits per heavy atom. The van der Waals surface area contributed by atoms with Crippen LogP contribution in [-0.2, 0) is 21.5 Å². The predicted molar refractivity (Wildman–Crippen MR) is 92.6 cm³/mol. The number of hydrogen-bond donors (Lipinski definition) is 1. The maximum atomic E-state index is 8.86. The van der Waals surface area contributed by atoms with E-state index in [4.69, 9.17) is 19.3 Å². The molecule has 0 saturated carbocycles. The van der Waals surface area contributed by atoms with Crippen molar-refractivity contribution in [2.45, 2.75) is 64.9 Å². The zero-order valence-corrected chi connectivity index (χ0v) is 15.1. The van der Waals surface area contributed by atoms with Crippen LogP contribution in [0.3, 0.4) is 0 Å². The minimum atomic E-state index is -0.279. The zero-order valence-electron chi connectivity index (χ0n) is 15.1. The standard InChI is InChI=1S/C19H32O4/c1-5-6-7-8-9-19(2,3)17-10-16(13-22-14-20)11-18(12-17)23-15-21-4/h10-12,20H,5-9,13-15H2,1-4H3. The van der Waals surface area contributed by atoms with E-state index in [9.17, 15) is 0 Å². The Labute approximate surface area is 140 Å². The molecule has 0 amide bonds. The summed E-state index contributed by atoms with van der Waals surface area (Å²) < 4.78 is 15.7. The molecule has 0 unspecified atom stereocenters. The van der Waals surface area contributed by atoms with Gasteiger partial charge in [-0.15, -0.1) is 0 Å². The van der Waals surface area contributed by atoms with Crippen molar-refractivity contribution in [3.8, 4) is 5.75 Å². The molecule has 0 atom stereocenters. The van der Waals surface area contributed by atoms with Crippen LogP contribution in [0.1, 0.15) is 64.0 Å². The summed E-state index contributed by atoms with van der Waals surface area (Å²) in [5.41, 5.74) is 2.32. The van der Waals surface area contributed by atoms with Crippen molar-refractivity contribution in [2.75, 3.05) is 20.7 Å². The third-order valence-corrected chi connectivity index (χ3v) is 4.11. The van der Waals surface area contributed by atoms with Gasteiger partial charge in [-0.1, -0.05) is 52.5 Å². The van der Waals surface area contributed by atoms with Gasteiger partial charge in [0.1, 0.15) is 12.5 Å². The monoisotopic (exact) mass is 324 g/mol. The van der Waals surface area contributed by atoms with E-state index in [0.717, 1.165) is 17.7 Å². The van der Waals surface area contributed by atoms with E-state index >= 15 is 0 Å². The van der Waals surface area contributed by atoms with Crippen LogP contribution < -0.4 is 4.74 Å². The summed E-state index contributed by atoms with van der Waals surface area (Å²) in [5.74, 6) is 0.780. The van der Waals surface area contributed by atoms with Gasteiger partial charge in [0.05, 0.1) is 6.61 Å². The van der Waals surface area contributed by atoms with Crippen molar-refractivity contribution in [1.29, 1.82) is 0 Å². The lowest BCUT2D eigenvalue weighted by Crippen LogP contribution is -2.18. The SMILES string of the molecule is CCCCCCC(C)(C)c1cc(COCO)cc(OCOC)c1. The Balaban J connectivity index is 2.87. The van der Waals surface area contributed by atoms with Crippen molar-refractivity contribution in [2.24, 2.45) is 0 Å². The van der Waals surface area contributed by atoms with Gasteiger partial charge in [0, 0.05) is 7.11 Å². The molecule has 0 fully saturated rings. The first-order chi connectivity index (χ1) is 11.0. The van der Waals surface area contributed by atoms with Gasteiger partial charge < -0.3 is 19.3 Å². The second kappa shape index (κ2) is 10.6. The highest BCUT2D eigenvalue weighted by atomic mass is 16.7. The van der Waals surface area contributed by atoms with Gasteiger partial charge in [-0.2, -0.15) is 0 Å². The van der Waals surface area contributed by atoms with Gasteiger partial charge in [0.2, 0.25) is 0 Å². The van der Waals surface area contributed by atoms with Crippen LogP contribution in [0.2, 0.25) is 0 Å². The number of rotatable bonds is 12. The van der Waals surface area contributed by atoms with Crippen LogP contribution in [0.4, 0.5) is 0 Å². The Morgan fingerprint density at radius 1 is 1.09 bits per heavy atom. The molecule has 132 valence electrons. The fraction of sp³-hybridized carbons (Fsp3) is 0.684. The average Bonchev–Trinajstić information content (AvgIpc) is 2.55. The first-order valence-electron chi connectivity index (χ1n) is 8.48. The van der Waals surface area contributed by atoms with Crippen LogP contribution >= 0.6 is 0 Å². The predicted octanol–water partition coefficient (Wildman–Crippen LogP) is 4.38. The molecule has 0 aliphatic heterocycles. The summed E-state index contributed by atoms with van der Waals surface area (Å²) in [6.07, 6.45) is 6.19. The minimum Gasteiger partial charge on any atom is -0.468 e. The van der Waals surface area contributed by atoms with E-state index in [1.54, 1.807) is 7.11 Å². The first-order valence-corrected chi connectivity index (χ1v) is 8.48. The van der Waals surface area contributed by atoms with E-state index in [0.29, 0.717) is 6.61 Å². The number of benzene rings is 1. The number of hydrogen-bond acceptors (Lipinski definition) is 4. The summed E-state index contributed by atoms with van der Waals surface area (Å²) in [7, 11) is 1.61. The van der Waals surface area contributed by atoms with Crippen LogP contribution in [0, 0.1) is 0 Å². The molecule has 4 nitrogen and oxygen atoms in total. The van der Waals surface area contributed by atoms with Gasteiger partial charge in [0.15, 0.2) is 6.79 Å². The van der Waals surface area contributed by atoms with Crippen molar-refractivity contribution in [3.63, 3.8) is 0 Å². The third-order valence-electron chi connectivity index (χ3n) is 4.11. The highest BCUT2D eigenvalue weighted by Crippen LogP contribution is 2.33. The number of ether oxygens (including phenoxy) is 3. The summed E-state index contributed by atoms with van der Waals surface area (Å²) in [6, 6.07) is 6.17. The molecule has 0 aliphatic carbocycles. The second-order valence-electron chi connectivity index (χ2n) is 6.59. The van der Waals surface area contributed by atoms with E-state index in [1.807, 2.05) is 6.07 Å². The molecule has 1 aromatic rings. The summed E-state index contributed by atoms with van der Waals surface area (Å²) >= 11 is 0. The number of unbranched alkanes of at least 4 members (excludes halogenated alkanes) is 3. The first kappa shape index (κ1) is 19.9. The van der Waals surface area contributed by atoms with E-state index in [2.05, 4.69) is 32.9 Å². The molecule has 0 spiro atoms. The topological polar surface area (TPSA) is 47.9 Å². The lowest BCUT2D eigenvalue weighted by atomic mass is 9.79. The van der Waals surface area contributed by atoms with Gasteiger partial charge in [-0.25, -0.2) is 0 Å². The third kappa shape index (κ3) is 7.34. The highest BCUT2D eigenvalue weighted by Gasteiger charge is 2.21. The summed E-state index contributed by atoms with van der Waals surface area (Å²) in [4.78, 5) is 0. The molecule has 4 heteroatoms. The summed E-state index contributed by atoms with van der Waals surface area (Å²) in [6.45, 7) is 7.09. The van der Waals surface area contributed by atoms with E-state index in [-0.39, 0.29) is 19.0 Å². The Bertz CT molecular complexity index is 417. The fourth-order valence-corrected chi connectivity index (χ4v) is 2.65. The quantitative estimate of drug-likeness (QED) is 0.458. The lowest BCUT2D eigenvalue weighted by molar-refractivity contribution is -0.0114. The number of methoxy groups -OCH3 is 1. The normalized spacial score (nSPS) is 11.7. The zero-order chi connectivity index (χ0) is 17.1. The Morgan fingerprint density at radius 2 is 1.87 bits per heavy atom. The van der Waals surface area contributed by atoms with Gasteiger partial charge >= 0.3 is 0 Å². The molecule has 1 rings (SSSR count). The van der Waals surface area contributed by atoms with Crippen LogP contribution in [0.25, 0.3) is 0 Å². The minimum absolute atomic E-state index is 0.0775. The lowest BCUT2D eigenvalue weighted by Gasteiger charge is -2.27. The summed E-state index contributed by atoms with van der Waals surface area (Å²) in [5, 5.41) is 8.86. The Hall–Kier alpha value is -1.10. The van der Waals surface area contributed by atoms with Crippen LogP contribution in [0.5, 0.6) is 5.75 Å². The molecule has 0 heterocycles. The maximum Gasteiger partial charge on any atom is 0.188 e. The highest BCUT2D eigenvalue weighted by molar-refractivity contribution is 5.38.